The van der Waals surface area contributed by atoms with E-state index in [1.165, 1.54) is 13.3 Å². The minimum Gasteiger partial charge on any atom is -0.502 e. The van der Waals surface area contributed by atoms with Gasteiger partial charge in [-0.05, 0) is 40.4 Å². The normalized spacial score (nSPS) is 17.3. The molecule has 0 aliphatic heterocycles. The smallest absolute Gasteiger partial charge is 0.394 e. The van der Waals surface area contributed by atoms with Crippen LogP contribution in [0.4, 0.5) is 4.79 Å². The van der Waals surface area contributed by atoms with Crippen molar-refractivity contribution < 1.29 is 23.9 Å². The molecule has 1 aromatic rings. The molecule has 2 atom stereocenters. The lowest BCUT2D eigenvalue weighted by Crippen LogP contribution is -2.61. The summed E-state index contributed by atoms with van der Waals surface area (Å²) in [5.41, 5.74) is 1.26. The highest BCUT2D eigenvalue weighted by Gasteiger charge is 2.62. The van der Waals surface area contributed by atoms with Gasteiger partial charge in [0.1, 0.15) is 0 Å². The van der Waals surface area contributed by atoms with E-state index >= 15 is 0 Å². The number of ketones is 1. The van der Waals surface area contributed by atoms with Crippen LogP contribution in [0.3, 0.4) is 0 Å². The van der Waals surface area contributed by atoms with Gasteiger partial charge in [-0.3, -0.25) is 9.59 Å². The fourth-order valence-corrected chi connectivity index (χ4v) is 13.2. The SMILES string of the molecule is C[C@H](CC(=O)[C@H](Cc1ccccc1)NC(=O)O[Si](C1CCCCC1)(C(C)(C)C)C(C)(C)C)C(=O)O. The largest absolute Gasteiger partial charge is 0.502 e. The molecule has 0 heterocycles. The second-order valence-corrected chi connectivity index (χ2v) is 17.7. The molecule has 0 unspecified atom stereocenters. The summed E-state index contributed by atoms with van der Waals surface area (Å²) in [4.78, 5) is 38.1. The van der Waals surface area contributed by atoms with Crippen LogP contribution in [0.5, 0.6) is 0 Å². The third-order valence-corrected chi connectivity index (χ3v) is 14.2. The highest BCUT2D eigenvalue weighted by molar-refractivity contribution is 6.82. The Kier molecular flexibility index (Phi) is 9.74. The van der Waals surface area contributed by atoms with Gasteiger partial charge in [-0.25, -0.2) is 4.79 Å². The number of carboxylic acids is 1. The molecule has 0 radical (unpaired) electrons. The zero-order valence-electron chi connectivity index (χ0n) is 22.6. The number of carbonyl (C=O) groups is 3. The second kappa shape index (κ2) is 11.7. The number of hydrogen-bond acceptors (Lipinski definition) is 4. The number of nitrogens with one attached hydrogen (secondary N) is 1. The Morgan fingerprint density at radius 1 is 1.00 bits per heavy atom. The number of carbonyl (C=O) groups excluding carboxylic acids is 2. The maximum atomic E-state index is 13.6. The summed E-state index contributed by atoms with van der Waals surface area (Å²) < 4.78 is 6.60. The van der Waals surface area contributed by atoms with Crippen molar-refractivity contribution in [2.75, 3.05) is 0 Å². The Balaban J connectivity index is 2.35. The average molecular weight is 504 g/mol. The van der Waals surface area contributed by atoms with Gasteiger partial charge in [0.05, 0.1) is 12.0 Å². The van der Waals surface area contributed by atoms with E-state index in [4.69, 9.17) is 4.43 Å². The highest BCUT2D eigenvalue weighted by Crippen LogP contribution is 2.60. The lowest BCUT2D eigenvalue weighted by Gasteiger charge is -2.54. The topological polar surface area (TPSA) is 92.7 Å². The Bertz CT molecular complexity index is 852. The van der Waals surface area contributed by atoms with Gasteiger partial charge in [0.2, 0.25) is 0 Å². The van der Waals surface area contributed by atoms with Gasteiger partial charge in [-0.2, -0.15) is 0 Å². The van der Waals surface area contributed by atoms with Gasteiger partial charge in [0.15, 0.2) is 5.78 Å². The monoisotopic (exact) mass is 503 g/mol. The molecule has 1 amide bonds. The first kappa shape index (κ1) is 29.1. The van der Waals surface area contributed by atoms with Gasteiger partial charge in [0, 0.05) is 6.42 Å². The Labute approximate surface area is 212 Å². The van der Waals surface area contributed by atoms with Crippen molar-refractivity contribution in [2.24, 2.45) is 5.92 Å². The van der Waals surface area contributed by atoms with Crippen LogP contribution < -0.4 is 5.32 Å². The lowest BCUT2D eigenvalue weighted by atomic mass is 9.96. The number of carboxylic acid groups (broad SMARTS) is 1. The summed E-state index contributed by atoms with van der Waals surface area (Å²) in [6.45, 7) is 14.6. The van der Waals surface area contributed by atoms with Crippen LogP contribution in [0, 0.1) is 5.92 Å². The van der Waals surface area contributed by atoms with Crippen LogP contribution in [0.1, 0.15) is 92.6 Å². The minimum absolute atomic E-state index is 0.142. The summed E-state index contributed by atoms with van der Waals surface area (Å²) in [5.74, 6) is -2.14. The molecule has 1 aliphatic carbocycles. The predicted molar refractivity (Wildman–Crippen MR) is 142 cm³/mol. The van der Waals surface area contributed by atoms with Crippen molar-refractivity contribution in [2.45, 2.75) is 115 Å². The van der Waals surface area contributed by atoms with E-state index in [0.29, 0.717) is 12.0 Å². The molecule has 0 aromatic heterocycles. The molecular weight excluding hydrogens is 458 g/mol. The molecule has 1 aromatic carbocycles. The van der Waals surface area contributed by atoms with Crippen molar-refractivity contribution >= 4 is 26.2 Å². The molecule has 196 valence electrons. The van der Waals surface area contributed by atoms with E-state index in [0.717, 1.165) is 31.2 Å². The number of hydrogen-bond donors (Lipinski definition) is 2. The Hall–Kier alpha value is -2.15. The number of amides is 1. The minimum atomic E-state index is -2.72. The molecule has 7 heteroatoms. The standard InChI is InChI=1S/C28H45NO5Si/c1-20(25(31)32)18-24(30)23(19-21-14-10-8-11-15-21)29-26(33)34-35(27(2,3)4,28(5,6)7)22-16-12-9-13-17-22/h8,10-11,14-15,20,22-23H,9,12-13,16-19H2,1-7H3,(H,29,33)(H,31,32)/t20-,23+/m1/s1. The number of aliphatic carboxylic acids is 1. The predicted octanol–water partition coefficient (Wildman–Crippen LogP) is 6.88. The van der Waals surface area contributed by atoms with Gasteiger partial charge >= 0.3 is 12.1 Å². The van der Waals surface area contributed by atoms with E-state index in [2.05, 4.69) is 46.9 Å². The summed E-state index contributed by atoms with van der Waals surface area (Å²) in [6.07, 6.45) is 5.26. The second-order valence-electron chi connectivity index (χ2n) is 12.3. The first-order valence-electron chi connectivity index (χ1n) is 13.0. The fraction of sp³-hybridized carbons (Fsp3) is 0.679. The van der Waals surface area contributed by atoms with E-state index in [1.807, 2.05) is 30.3 Å². The molecular formula is C28H45NO5Si. The summed E-state index contributed by atoms with van der Waals surface area (Å²) in [7, 11) is -2.72. The van der Waals surface area contributed by atoms with E-state index in [1.54, 1.807) is 0 Å². The lowest BCUT2D eigenvalue weighted by molar-refractivity contribution is -0.143. The van der Waals surface area contributed by atoms with Crippen molar-refractivity contribution in [3.8, 4) is 0 Å². The molecule has 1 fully saturated rings. The molecule has 2 N–H and O–H groups in total. The van der Waals surface area contributed by atoms with Crippen LogP contribution in [-0.4, -0.2) is 37.3 Å². The van der Waals surface area contributed by atoms with Crippen molar-refractivity contribution in [3.05, 3.63) is 35.9 Å². The molecule has 35 heavy (non-hydrogen) atoms. The zero-order valence-corrected chi connectivity index (χ0v) is 23.6. The van der Waals surface area contributed by atoms with E-state index in [9.17, 15) is 19.5 Å². The van der Waals surface area contributed by atoms with Crippen LogP contribution >= 0.6 is 0 Å². The molecule has 2 rings (SSSR count). The third-order valence-electron chi connectivity index (χ3n) is 7.55. The fourth-order valence-electron chi connectivity index (χ4n) is 6.19. The maximum Gasteiger partial charge on any atom is 0.394 e. The number of benzene rings is 1. The van der Waals surface area contributed by atoms with Crippen molar-refractivity contribution in [1.82, 2.24) is 5.32 Å². The summed E-state index contributed by atoms with van der Waals surface area (Å²) >= 11 is 0. The first-order chi connectivity index (χ1) is 16.2. The van der Waals surface area contributed by atoms with Gasteiger partial charge in [0.25, 0.3) is 8.32 Å². The van der Waals surface area contributed by atoms with E-state index in [-0.39, 0.29) is 22.3 Å². The number of Topliss-reactive ketones (excluding diaryl/α,β-unsaturated/α-hetero) is 1. The van der Waals surface area contributed by atoms with Crippen LogP contribution in [0.25, 0.3) is 0 Å². The van der Waals surface area contributed by atoms with Crippen molar-refractivity contribution in [1.29, 1.82) is 0 Å². The zero-order chi connectivity index (χ0) is 26.4. The maximum absolute atomic E-state index is 13.6. The van der Waals surface area contributed by atoms with E-state index < -0.39 is 32.3 Å². The molecule has 0 bridgehead atoms. The van der Waals surface area contributed by atoms with Gasteiger partial charge in [-0.15, -0.1) is 0 Å². The summed E-state index contributed by atoms with van der Waals surface area (Å²) in [5, 5.41) is 11.8. The average Bonchev–Trinajstić information content (AvgIpc) is 2.76. The molecule has 1 saturated carbocycles. The van der Waals surface area contributed by atoms with Crippen LogP contribution in [-0.2, 0) is 20.4 Å². The van der Waals surface area contributed by atoms with Gasteiger partial charge in [-0.1, -0.05) is 98.1 Å². The Morgan fingerprint density at radius 3 is 2.03 bits per heavy atom. The first-order valence-corrected chi connectivity index (χ1v) is 15.0. The third kappa shape index (κ3) is 7.18. The number of rotatable bonds is 9. The van der Waals surface area contributed by atoms with Crippen LogP contribution in [0.15, 0.2) is 30.3 Å². The van der Waals surface area contributed by atoms with Crippen molar-refractivity contribution in [3.63, 3.8) is 0 Å². The molecule has 0 spiro atoms. The Morgan fingerprint density at radius 2 is 1.54 bits per heavy atom. The molecule has 6 nitrogen and oxygen atoms in total. The summed E-state index contributed by atoms with van der Waals surface area (Å²) in [6, 6.07) is 8.62. The molecule has 1 aliphatic rings. The highest BCUT2D eigenvalue weighted by atomic mass is 28.4. The van der Waals surface area contributed by atoms with Gasteiger partial charge < -0.3 is 14.8 Å². The van der Waals surface area contributed by atoms with Crippen LogP contribution in [0.2, 0.25) is 15.6 Å². The quantitative estimate of drug-likeness (QED) is 0.358. The molecule has 0 saturated heterocycles.